The molecule has 0 unspecified atom stereocenters. The van der Waals surface area contributed by atoms with Gasteiger partial charge in [-0.25, -0.2) is 15.0 Å². The van der Waals surface area contributed by atoms with E-state index in [2.05, 4.69) is 25.3 Å². The standard InChI is InChI=1S/C22H18F3N5O2/c1-12-6-14(18(32)10-31)8-27-20(12)13-2-4-16-17(7-13)28-11-29-21(16)30-19-5-3-15(9-26-19)22(23,24)25/h2-9,11,18,31-32H,10H2,1H3,(H,26,28,29,30)/t18-/m1/s1. The molecule has 1 aromatic carbocycles. The molecular formula is C22H18F3N5O2. The molecule has 4 aromatic rings. The summed E-state index contributed by atoms with van der Waals surface area (Å²) in [5.41, 5.74) is 2.59. The van der Waals surface area contributed by atoms with Crippen molar-refractivity contribution in [2.45, 2.75) is 19.2 Å². The molecule has 0 aliphatic heterocycles. The van der Waals surface area contributed by atoms with Gasteiger partial charge in [0.2, 0.25) is 0 Å². The van der Waals surface area contributed by atoms with Crippen molar-refractivity contribution in [3.63, 3.8) is 0 Å². The van der Waals surface area contributed by atoms with Crippen LogP contribution in [-0.4, -0.2) is 36.8 Å². The maximum Gasteiger partial charge on any atom is 0.417 e. The Morgan fingerprint density at radius 3 is 2.47 bits per heavy atom. The molecule has 0 aliphatic carbocycles. The number of aryl methyl sites for hydroxylation is 1. The van der Waals surface area contributed by atoms with Crippen LogP contribution in [0.4, 0.5) is 24.8 Å². The van der Waals surface area contributed by atoms with Gasteiger partial charge in [0, 0.05) is 28.9 Å². The van der Waals surface area contributed by atoms with Gasteiger partial charge in [-0.05, 0) is 42.8 Å². The highest BCUT2D eigenvalue weighted by Crippen LogP contribution is 2.31. The van der Waals surface area contributed by atoms with Gasteiger partial charge in [0.15, 0.2) is 0 Å². The number of alkyl halides is 3. The molecule has 32 heavy (non-hydrogen) atoms. The van der Waals surface area contributed by atoms with E-state index in [1.165, 1.54) is 18.6 Å². The van der Waals surface area contributed by atoms with E-state index in [1.807, 2.05) is 19.1 Å². The van der Waals surface area contributed by atoms with Crippen molar-refractivity contribution in [1.29, 1.82) is 0 Å². The van der Waals surface area contributed by atoms with Crippen LogP contribution in [0.25, 0.3) is 22.2 Å². The fourth-order valence-electron chi connectivity index (χ4n) is 3.25. The first kappa shape index (κ1) is 21.6. The maximum absolute atomic E-state index is 12.7. The lowest BCUT2D eigenvalue weighted by Crippen LogP contribution is -2.06. The maximum atomic E-state index is 12.7. The number of pyridine rings is 2. The van der Waals surface area contributed by atoms with Crippen LogP contribution in [0.2, 0.25) is 0 Å². The van der Waals surface area contributed by atoms with Crippen molar-refractivity contribution in [3.8, 4) is 11.3 Å². The molecule has 164 valence electrons. The molecule has 1 atom stereocenters. The number of hydrogen-bond acceptors (Lipinski definition) is 7. The van der Waals surface area contributed by atoms with Gasteiger partial charge in [0.1, 0.15) is 24.1 Å². The minimum atomic E-state index is -4.45. The van der Waals surface area contributed by atoms with Crippen molar-refractivity contribution in [2.24, 2.45) is 0 Å². The highest BCUT2D eigenvalue weighted by atomic mass is 19.4. The molecule has 0 aliphatic rings. The second-order valence-electron chi connectivity index (χ2n) is 7.14. The average Bonchev–Trinajstić information content (AvgIpc) is 2.78. The molecular weight excluding hydrogens is 423 g/mol. The van der Waals surface area contributed by atoms with E-state index < -0.39 is 24.5 Å². The number of halogens is 3. The Morgan fingerprint density at radius 1 is 1.00 bits per heavy atom. The minimum Gasteiger partial charge on any atom is -0.393 e. The van der Waals surface area contributed by atoms with E-state index in [9.17, 15) is 18.3 Å². The SMILES string of the molecule is Cc1cc([C@H](O)CO)cnc1-c1ccc2c(Nc3ccc(C(F)(F)F)cn3)ncnc2c1. The lowest BCUT2D eigenvalue weighted by molar-refractivity contribution is -0.137. The third-order valence-corrected chi connectivity index (χ3v) is 4.90. The van der Waals surface area contributed by atoms with Gasteiger partial charge in [0.05, 0.1) is 23.4 Å². The summed E-state index contributed by atoms with van der Waals surface area (Å²) in [4.78, 5) is 16.7. The highest BCUT2D eigenvalue weighted by molar-refractivity contribution is 5.93. The largest absolute Gasteiger partial charge is 0.417 e. The third kappa shape index (κ3) is 4.36. The van der Waals surface area contributed by atoms with Gasteiger partial charge < -0.3 is 15.5 Å². The molecule has 0 fully saturated rings. The number of aliphatic hydroxyl groups excluding tert-OH is 2. The van der Waals surface area contributed by atoms with Gasteiger partial charge in [-0.1, -0.05) is 6.07 Å². The van der Waals surface area contributed by atoms with E-state index in [4.69, 9.17) is 5.11 Å². The van der Waals surface area contributed by atoms with E-state index >= 15 is 0 Å². The summed E-state index contributed by atoms with van der Waals surface area (Å²) in [6, 6.07) is 9.38. The molecule has 3 aromatic heterocycles. The van der Waals surface area contributed by atoms with Crippen molar-refractivity contribution in [1.82, 2.24) is 19.9 Å². The van der Waals surface area contributed by atoms with Crippen LogP contribution < -0.4 is 5.32 Å². The zero-order chi connectivity index (χ0) is 22.9. The molecule has 7 nitrogen and oxygen atoms in total. The normalized spacial score (nSPS) is 12.7. The first-order valence-corrected chi connectivity index (χ1v) is 9.57. The van der Waals surface area contributed by atoms with E-state index in [0.717, 1.165) is 23.4 Å². The molecule has 0 spiro atoms. The Kier molecular flexibility index (Phi) is 5.72. The molecule has 0 radical (unpaired) electrons. The third-order valence-electron chi connectivity index (χ3n) is 4.90. The Labute approximate surface area is 180 Å². The van der Waals surface area contributed by atoms with Gasteiger partial charge in [-0.2, -0.15) is 13.2 Å². The summed E-state index contributed by atoms with van der Waals surface area (Å²) in [6.45, 7) is 1.46. The zero-order valence-corrected chi connectivity index (χ0v) is 16.8. The van der Waals surface area contributed by atoms with E-state index in [0.29, 0.717) is 28.0 Å². The quantitative estimate of drug-likeness (QED) is 0.427. The first-order valence-electron chi connectivity index (χ1n) is 9.57. The number of fused-ring (bicyclic) bond motifs is 1. The number of benzene rings is 1. The van der Waals surface area contributed by atoms with Gasteiger partial charge >= 0.3 is 6.18 Å². The summed E-state index contributed by atoms with van der Waals surface area (Å²) in [5, 5.41) is 22.5. The Balaban J connectivity index is 1.64. The summed E-state index contributed by atoms with van der Waals surface area (Å²) in [6.07, 6.45) is -1.83. The number of aromatic nitrogens is 4. The average molecular weight is 441 g/mol. The zero-order valence-electron chi connectivity index (χ0n) is 16.8. The van der Waals surface area contributed by atoms with Crippen LogP contribution in [0.15, 0.2) is 55.1 Å². The number of hydrogen-bond donors (Lipinski definition) is 3. The topological polar surface area (TPSA) is 104 Å². The Morgan fingerprint density at radius 2 is 1.81 bits per heavy atom. The highest BCUT2D eigenvalue weighted by Gasteiger charge is 2.30. The second kappa shape index (κ2) is 8.48. The van der Waals surface area contributed by atoms with Crippen LogP contribution in [0.1, 0.15) is 22.8 Å². The molecule has 0 saturated heterocycles. The van der Waals surface area contributed by atoms with Crippen LogP contribution in [-0.2, 0) is 6.18 Å². The predicted molar refractivity (Wildman–Crippen MR) is 112 cm³/mol. The number of nitrogens with zero attached hydrogens (tertiary/aromatic N) is 4. The van der Waals surface area contributed by atoms with Crippen molar-refractivity contribution in [3.05, 3.63) is 71.8 Å². The van der Waals surface area contributed by atoms with Crippen LogP contribution in [0.5, 0.6) is 0 Å². The Bertz CT molecular complexity index is 1260. The van der Waals surface area contributed by atoms with Crippen molar-refractivity contribution in [2.75, 3.05) is 11.9 Å². The summed E-state index contributed by atoms with van der Waals surface area (Å²) in [5.74, 6) is 0.623. The lowest BCUT2D eigenvalue weighted by atomic mass is 10.0. The van der Waals surface area contributed by atoms with Crippen LogP contribution in [0, 0.1) is 6.92 Å². The van der Waals surface area contributed by atoms with Crippen molar-refractivity contribution >= 4 is 22.5 Å². The number of nitrogens with one attached hydrogen (secondary N) is 1. The lowest BCUT2D eigenvalue weighted by Gasteiger charge is -2.12. The number of anilines is 2. The molecule has 4 rings (SSSR count). The molecule has 0 saturated carbocycles. The second-order valence-corrected chi connectivity index (χ2v) is 7.14. The number of aliphatic hydroxyl groups is 2. The van der Waals surface area contributed by atoms with Crippen LogP contribution in [0.3, 0.4) is 0 Å². The summed E-state index contributed by atoms with van der Waals surface area (Å²) >= 11 is 0. The number of rotatable bonds is 5. The minimum absolute atomic E-state index is 0.220. The molecule has 10 heteroatoms. The summed E-state index contributed by atoms with van der Waals surface area (Å²) in [7, 11) is 0. The van der Waals surface area contributed by atoms with Gasteiger partial charge in [0.25, 0.3) is 0 Å². The Hall–Kier alpha value is -3.63. The monoisotopic (exact) mass is 441 g/mol. The van der Waals surface area contributed by atoms with Crippen molar-refractivity contribution < 1.29 is 23.4 Å². The molecule has 0 amide bonds. The fraction of sp³-hybridized carbons (Fsp3) is 0.182. The van der Waals surface area contributed by atoms with Gasteiger partial charge in [-0.15, -0.1) is 0 Å². The van der Waals surface area contributed by atoms with E-state index in [1.54, 1.807) is 12.1 Å². The molecule has 3 N–H and O–H groups in total. The summed E-state index contributed by atoms with van der Waals surface area (Å²) < 4.78 is 38.2. The molecule has 3 heterocycles. The fourth-order valence-corrected chi connectivity index (χ4v) is 3.25. The predicted octanol–water partition coefficient (Wildman–Crippen LogP) is 4.18. The van der Waals surface area contributed by atoms with E-state index in [-0.39, 0.29) is 5.82 Å². The smallest absolute Gasteiger partial charge is 0.393 e. The first-order chi connectivity index (χ1) is 15.3. The molecule has 0 bridgehead atoms. The van der Waals surface area contributed by atoms with Gasteiger partial charge in [-0.3, -0.25) is 4.98 Å². The van der Waals surface area contributed by atoms with Crippen LogP contribution >= 0.6 is 0 Å².